The summed E-state index contributed by atoms with van der Waals surface area (Å²) >= 11 is 0. The molecule has 13 heteroatoms. The van der Waals surface area contributed by atoms with E-state index in [0.29, 0.717) is 67.5 Å². The number of benzene rings is 5. The maximum atomic E-state index is 12.9. The third kappa shape index (κ3) is 12.9. The average molecular weight is 865 g/mol. The first kappa shape index (κ1) is 45.2. The minimum absolute atomic E-state index is 0.0204. The number of hydrogen-bond acceptors (Lipinski definition) is 9. The standard InChI is InChI=1S/C51H56N6O7/c1-34(52-33-46(59)42-18-20-45(58)50-43(42)19-21-48(61)56-50)28-37-8-7-9-38(29-37)30-49(62)54-32-36-16-14-35(15-17-36)31-53-47(60)24-27-57-25-22-40(23-26-57)64-51(63)55-44-13-6-5-12-41(44)39-10-3-2-4-11-39/h2-21,29,34,40,46,52,58-59H,22-28,30-33H2,1H3,(H,53,60)(H,54,62)(H,55,63)(H,56,61)/t34-,46+/m1/s1. The number of aromatic nitrogens is 1. The molecule has 64 heavy (non-hydrogen) atoms. The van der Waals surface area contributed by atoms with Gasteiger partial charge < -0.3 is 40.8 Å². The summed E-state index contributed by atoms with van der Waals surface area (Å²) in [6.45, 7) is 5.22. The van der Waals surface area contributed by atoms with Crippen molar-refractivity contribution in [2.75, 3.05) is 31.5 Å². The maximum Gasteiger partial charge on any atom is 0.411 e. The Labute approximate surface area is 372 Å². The highest BCUT2D eigenvalue weighted by atomic mass is 16.6. The van der Waals surface area contributed by atoms with Gasteiger partial charge in [-0.25, -0.2) is 4.79 Å². The number of fused-ring (bicyclic) bond motifs is 1. The summed E-state index contributed by atoms with van der Waals surface area (Å²) in [4.78, 5) is 55.0. The average Bonchev–Trinajstić information content (AvgIpc) is 3.30. The fraction of sp³-hybridized carbons (Fsp3) is 0.294. The van der Waals surface area contributed by atoms with Crippen molar-refractivity contribution in [3.8, 4) is 16.9 Å². The number of H-pyrrole nitrogens is 1. The Morgan fingerprint density at radius 1 is 0.781 bits per heavy atom. The minimum Gasteiger partial charge on any atom is -0.506 e. The number of pyridine rings is 1. The number of aliphatic hydroxyl groups excluding tert-OH is 1. The van der Waals surface area contributed by atoms with E-state index in [9.17, 15) is 29.4 Å². The molecule has 0 radical (unpaired) electrons. The third-order valence-corrected chi connectivity index (χ3v) is 11.5. The van der Waals surface area contributed by atoms with E-state index in [1.165, 1.54) is 12.1 Å². The molecule has 0 unspecified atom stereocenters. The number of carbonyl (C=O) groups excluding carboxylic acids is 3. The van der Waals surface area contributed by atoms with Crippen LogP contribution in [0.25, 0.3) is 22.0 Å². The fourth-order valence-corrected chi connectivity index (χ4v) is 8.04. The van der Waals surface area contributed by atoms with Crippen molar-refractivity contribution < 1.29 is 29.3 Å². The molecule has 0 saturated carbocycles. The first-order chi connectivity index (χ1) is 31.1. The molecular weight excluding hydrogens is 809 g/mol. The Balaban J connectivity index is 0.760. The Morgan fingerprint density at radius 2 is 1.47 bits per heavy atom. The van der Waals surface area contributed by atoms with E-state index < -0.39 is 12.2 Å². The molecule has 7 rings (SSSR count). The molecule has 0 aliphatic carbocycles. The number of nitrogens with zero attached hydrogens (tertiary/aromatic N) is 1. The first-order valence-electron chi connectivity index (χ1n) is 21.9. The fourth-order valence-electron chi connectivity index (χ4n) is 8.04. The molecule has 2 heterocycles. The first-order valence-corrected chi connectivity index (χ1v) is 21.9. The van der Waals surface area contributed by atoms with Crippen LogP contribution < -0.4 is 26.8 Å². The highest BCUT2D eigenvalue weighted by Gasteiger charge is 2.23. The number of amides is 3. The second-order valence-corrected chi connectivity index (χ2v) is 16.4. The summed E-state index contributed by atoms with van der Waals surface area (Å²) in [6, 6.07) is 39.4. The van der Waals surface area contributed by atoms with Crippen LogP contribution in [0.4, 0.5) is 10.5 Å². The number of phenolic OH excluding ortho intramolecular Hbond substituents is 1. The maximum absolute atomic E-state index is 12.9. The van der Waals surface area contributed by atoms with Crippen LogP contribution in [0, 0.1) is 0 Å². The lowest BCUT2D eigenvalue weighted by molar-refractivity contribution is -0.122. The number of nitrogens with one attached hydrogen (secondary N) is 5. The van der Waals surface area contributed by atoms with Crippen molar-refractivity contribution in [1.82, 2.24) is 25.8 Å². The summed E-state index contributed by atoms with van der Waals surface area (Å²) in [5, 5.41) is 34.0. The molecule has 0 bridgehead atoms. The number of likely N-dealkylation sites (tertiary alicyclic amines) is 1. The number of aromatic hydroxyl groups is 1. The van der Waals surface area contributed by atoms with E-state index in [-0.39, 0.29) is 48.2 Å². The molecule has 3 amide bonds. The Morgan fingerprint density at radius 3 is 2.22 bits per heavy atom. The van der Waals surface area contributed by atoms with Crippen molar-refractivity contribution in [2.24, 2.45) is 0 Å². The van der Waals surface area contributed by atoms with E-state index in [1.807, 2.05) is 110 Å². The molecule has 1 aromatic heterocycles. The number of piperidine rings is 1. The van der Waals surface area contributed by atoms with Gasteiger partial charge in [-0.05, 0) is 77.8 Å². The molecule has 1 saturated heterocycles. The van der Waals surface area contributed by atoms with Crippen LogP contribution in [0.1, 0.15) is 60.1 Å². The lowest BCUT2D eigenvalue weighted by Crippen LogP contribution is -2.40. The molecular formula is C51H56N6O7. The summed E-state index contributed by atoms with van der Waals surface area (Å²) in [5.74, 6) is -0.170. The van der Waals surface area contributed by atoms with Crippen LogP contribution in [-0.2, 0) is 40.3 Å². The van der Waals surface area contributed by atoms with Crippen LogP contribution >= 0.6 is 0 Å². The number of aromatic amines is 1. The van der Waals surface area contributed by atoms with Crippen LogP contribution in [-0.4, -0.2) is 76.3 Å². The zero-order chi connectivity index (χ0) is 44.8. The zero-order valence-electron chi connectivity index (χ0n) is 36.0. The number of carbonyl (C=O) groups is 3. The summed E-state index contributed by atoms with van der Waals surface area (Å²) in [7, 11) is 0. The molecule has 1 aliphatic heterocycles. The molecule has 13 nitrogen and oxygen atoms in total. The smallest absolute Gasteiger partial charge is 0.411 e. The number of anilines is 1. The molecule has 2 atom stereocenters. The van der Waals surface area contributed by atoms with E-state index in [4.69, 9.17) is 4.74 Å². The highest BCUT2D eigenvalue weighted by Crippen LogP contribution is 2.30. The molecule has 332 valence electrons. The summed E-state index contributed by atoms with van der Waals surface area (Å²) < 4.78 is 5.76. The van der Waals surface area contributed by atoms with Crippen molar-refractivity contribution in [3.63, 3.8) is 0 Å². The molecule has 5 aromatic carbocycles. The summed E-state index contributed by atoms with van der Waals surface area (Å²) in [5.41, 5.74) is 7.10. The van der Waals surface area contributed by atoms with Crippen molar-refractivity contribution in [2.45, 2.75) is 70.4 Å². The van der Waals surface area contributed by atoms with Gasteiger partial charge in [-0.1, -0.05) is 103 Å². The van der Waals surface area contributed by atoms with Gasteiger partial charge in [0.25, 0.3) is 0 Å². The third-order valence-electron chi connectivity index (χ3n) is 11.5. The van der Waals surface area contributed by atoms with E-state index in [1.54, 1.807) is 12.1 Å². The van der Waals surface area contributed by atoms with Gasteiger partial charge in [0.05, 0.1) is 23.7 Å². The van der Waals surface area contributed by atoms with E-state index in [2.05, 4.69) is 31.2 Å². The summed E-state index contributed by atoms with van der Waals surface area (Å²) in [6.07, 6.45) is 1.20. The van der Waals surface area contributed by atoms with Crippen LogP contribution in [0.15, 0.2) is 132 Å². The van der Waals surface area contributed by atoms with Gasteiger partial charge in [0.15, 0.2) is 0 Å². The lowest BCUT2D eigenvalue weighted by atomic mass is 10.0. The zero-order valence-corrected chi connectivity index (χ0v) is 36.0. The predicted octanol–water partition coefficient (Wildman–Crippen LogP) is 6.73. The molecule has 7 N–H and O–H groups in total. The second kappa shape index (κ2) is 22.0. The van der Waals surface area contributed by atoms with Crippen molar-refractivity contribution in [3.05, 3.63) is 166 Å². The molecule has 0 spiro atoms. The number of aliphatic hydroxyl groups is 1. The Kier molecular flexibility index (Phi) is 15.6. The Hall–Kier alpha value is -6.80. The topological polar surface area (TPSA) is 185 Å². The van der Waals surface area contributed by atoms with E-state index >= 15 is 0 Å². The van der Waals surface area contributed by atoms with Crippen molar-refractivity contribution in [1.29, 1.82) is 0 Å². The molecule has 1 aliphatic rings. The van der Waals surface area contributed by atoms with Crippen molar-refractivity contribution >= 4 is 34.5 Å². The van der Waals surface area contributed by atoms with Gasteiger partial charge in [-0.3, -0.25) is 19.7 Å². The van der Waals surface area contributed by atoms with E-state index in [0.717, 1.165) is 46.5 Å². The number of para-hydroxylation sites is 1. The van der Waals surface area contributed by atoms with Gasteiger partial charge in [0, 0.05) is 68.7 Å². The second-order valence-electron chi connectivity index (χ2n) is 16.4. The van der Waals surface area contributed by atoms with Crippen LogP contribution in [0.2, 0.25) is 0 Å². The van der Waals surface area contributed by atoms with Crippen LogP contribution in [0.5, 0.6) is 5.75 Å². The minimum atomic E-state index is -0.859. The normalized spacial score (nSPS) is 14.1. The SMILES string of the molecule is C[C@H](Cc1cccc(CC(=O)NCc2ccc(CNC(=O)CCN3CCC(OC(=O)Nc4ccccc4-c4ccccc4)CC3)cc2)c1)NC[C@H](O)c1ccc(O)c2[nH]c(=O)ccc12. The molecule has 6 aromatic rings. The van der Waals surface area contributed by atoms with Gasteiger partial charge in [0.2, 0.25) is 17.4 Å². The highest BCUT2D eigenvalue weighted by molar-refractivity contribution is 5.91. The van der Waals surface area contributed by atoms with Gasteiger partial charge in [-0.2, -0.15) is 0 Å². The largest absolute Gasteiger partial charge is 0.506 e. The quantitative estimate of drug-likeness (QED) is 0.0492. The monoisotopic (exact) mass is 864 g/mol. The molecule has 1 fully saturated rings. The van der Waals surface area contributed by atoms with Gasteiger partial charge >= 0.3 is 6.09 Å². The Bertz CT molecular complexity index is 2570. The predicted molar refractivity (Wildman–Crippen MR) is 249 cm³/mol. The lowest BCUT2D eigenvalue weighted by Gasteiger charge is -2.31. The number of rotatable bonds is 18. The number of ether oxygens (including phenoxy) is 1. The number of phenols is 1. The van der Waals surface area contributed by atoms with Gasteiger partial charge in [-0.15, -0.1) is 0 Å². The number of hydrogen-bond donors (Lipinski definition) is 7. The van der Waals surface area contributed by atoms with Crippen LogP contribution in [0.3, 0.4) is 0 Å². The van der Waals surface area contributed by atoms with Gasteiger partial charge in [0.1, 0.15) is 11.9 Å².